The number of nitrogens with two attached hydrogens (primary N) is 1. The van der Waals surface area contributed by atoms with Gasteiger partial charge in [-0.3, -0.25) is 9.59 Å². The number of hydrogen-bond donors (Lipinski definition) is 1. The standard InChI is InChI=1S/C11H12ClN3O3/c1-18-11(17)6-4-9(16)15(5-6)7-2-3-8(12)14-10(7)13/h2-3,6H,4-5H2,1H3,(H2,13,14). The fourth-order valence-corrected chi connectivity index (χ4v) is 2.09. The van der Waals surface area contributed by atoms with Crippen LogP contribution in [0.1, 0.15) is 6.42 Å². The van der Waals surface area contributed by atoms with Gasteiger partial charge in [0.25, 0.3) is 0 Å². The number of amides is 1. The van der Waals surface area contributed by atoms with E-state index in [9.17, 15) is 9.59 Å². The van der Waals surface area contributed by atoms with E-state index in [1.54, 1.807) is 12.1 Å². The topological polar surface area (TPSA) is 85.5 Å². The monoisotopic (exact) mass is 269 g/mol. The van der Waals surface area contributed by atoms with Crippen molar-refractivity contribution >= 4 is 35.0 Å². The number of esters is 1. The molecule has 7 heteroatoms. The number of pyridine rings is 1. The molecule has 1 amide bonds. The van der Waals surface area contributed by atoms with Gasteiger partial charge < -0.3 is 15.4 Å². The summed E-state index contributed by atoms with van der Waals surface area (Å²) in [5.74, 6) is -0.869. The second-order valence-corrected chi connectivity index (χ2v) is 4.35. The van der Waals surface area contributed by atoms with Crippen LogP contribution in [0, 0.1) is 5.92 Å². The maximum Gasteiger partial charge on any atom is 0.311 e. The molecular weight excluding hydrogens is 258 g/mol. The van der Waals surface area contributed by atoms with Crippen molar-refractivity contribution in [3.63, 3.8) is 0 Å². The van der Waals surface area contributed by atoms with Crippen LogP contribution >= 0.6 is 11.6 Å². The third kappa shape index (κ3) is 2.24. The summed E-state index contributed by atoms with van der Waals surface area (Å²) in [4.78, 5) is 28.6. The first kappa shape index (κ1) is 12.6. The highest BCUT2D eigenvalue weighted by atomic mass is 35.5. The number of carbonyl (C=O) groups is 2. The largest absolute Gasteiger partial charge is 0.469 e. The van der Waals surface area contributed by atoms with Crippen molar-refractivity contribution in [3.05, 3.63) is 17.3 Å². The van der Waals surface area contributed by atoms with Crippen LogP contribution in [0.4, 0.5) is 11.5 Å². The van der Waals surface area contributed by atoms with E-state index >= 15 is 0 Å². The van der Waals surface area contributed by atoms with E-state index in [0.717, 1.165) is 0 Å². The Balaban J connectivity index is 2.24. The molecule has 1 aromatic heterocycles. The first-order valence-corrected chi connectivity index (χ1v) is 5.71. The van der Waals surface area contributed by atoms with Crippen LogP contribution in [0.5, 0.6) is 0 Å². The van der Waals surface area contributed by atoms with Crippen LogP contribution in [0.25, 0.3) is 0 Å². The Hall–Kier alpha value is -1.82. The van der Waals surface area contributed by atoms with Crippen molar-refractivity contribution in [2.24, 2.45) is 5.92 Å². The van der Waals surface area contributed by atoms with Crippen molar-refractivity contribution in [2.45, 2.75) is 6.42 Å². The Morgan fingerprint density at radius 1 is 1.61 bits per heavy atom. The lowest BCUT2D eigenvalue weighted by Crippen LogP contribution is -2.27. The predicted octanol–water partition coefficient (Wildman–Crippen LogP) is 0.843. The molecular formula is C11H12ClN3O3. The highest BCUT2D eigenvalue weighted by Crippen LogP contribution is 2.30. The molecule has 1 unspecified atom stereocenters. The Kier molecular flexibility index (Phi) is 3.38. The summed E-state index contributed by atoms with van der Waals surface area (Å²) < 4.78 is 4.63. The summed E-state index contributed by atoms with van der Waals surface area (Å²) in [7, 11) is 1.30. The first-order chi connectivity index (χ1) is 8.52. The van der Waals surface area contributed by atoms with E-state index in [4.69, 9.17) is 17.3 Å². The molecule has 2 rings (SSSR count). The van der Waals surface area contributed by atoms with Crippen molar-refractivity contribution in [3.8, 4) is 0 Å². The van der Waals surface area contributed by atoms with Gasteiger partial charge in [-0.2, -0.15) is 0 Å². The SMILES string of the molecule is COC(=O)C1CC(=O)N(c2ccc(Cl)nc2N)C1. The molecule has 2 N–H and O–H groups in total. The minimum Gasteiger partial charge on any atom is -0.469 e. The minimum absolute atomic E-state index is 0.120. The van der Waals surface area contributed by atoms with Gasteiger partial charge in [-0.15, -0.1) is 0 Å². The molecule has 2 heterocycles. The molecule has 6 nitrogen and oxygen atoms in total. The van der Waals surface area contributed by atoms with Gasteiger partial charge in [0.15, 0.2) is 0 Å². The summed E-state index contributed by atoms with van der Waals surface area (Å²) >= 11 is 5.69. The number of methoxy groups -OCH3 is 1. The fourth-order valence-electron chi connectivity index (χ4n) is 1.94. The highest BCUT2D eigenvalue weighted by molar-refractivity contribution is 6.29. The van der Waals surface area contributed by atoms with Crippen LogP contribution in [-0.2, 0) is 14.3 Å². The van der Waals surface area contributed by atoms with E-state index < -0.39 is 11.9 Å². The number of aromatic nitrogens is 1. The van der Waals surface area contributed by atoms with Crippen molar-refractivity contribution in [1.29, 1.82) is 0 Å². The van der Waals surface area contributed by atoms with Gasteiger partial charge in [0.1, 0.15) is 11.0 Å². The van der Waals surface area contributed by atoms with Crippen LogP contribution in [0.15, 0.2) is 12.1 Å². The van der Waals surface area contributed by atoms with Gasteiger partial charge in [0, 0.05) is 13.0 Å². The van der Waals surface area contributed by atoms with Crippen LogP contribution in [0.2, 0.25) is 5.15 Å². The smallest absolute Gasteiger partial charge is 0.311 e. The number of rotatable bonds is 2. The Morgan fingerprint density at radius 2 is 2.33 bits per heavy atom. The average Bonchev–Trinajstić information content (AvgIpc) is 2.70. The lowest BCUT2D eigenvalue weighted by Gasteiger charge is -2.17. The van der Waals surface area contributed by atoms with Gasteiger partial charge in [-0.05, 0) is 12.1 Å². The number of ether oxygens (including phenoxy) is 1. The number of carbonyl (C=O) groups excluding carboxylic acids is 2. The molecule has 1 aliphatic rings. The van der Waals surface area contributed by atoms with Crippen molar-refractivity contribution < 1.29 is 14.3 Å². The normalized spacial score (nSPS) is 19.1. The zero-order valence-electron chi connectivity index (χ0n) is 9.72. The van der Waals surface area contributed by atoms with Gasteiger partial charge in [-0.25, -0.2) is 4.98 Å². The molecule has 0 saturated carbocycles. The van der Waals surface area contributed by atoms with Crippen LogP contribution in [0.3, 0.4) is 0 Å². The van der Waals surface area contributed by atoms with Gasteiger partial charge in [0.2, 0.25) is 5.91 Å². The zero-order chi connectivity index (χ0) is 13.3. The van der Waals surface area contributed by atoms with Crippen molar-refractivity contribution in [2.75, 3.05) is 24.3 Å². The van der Waals surface area contributed by atoms with E-state index in [2.05, 4.69) is 9.72 Å². The van der Waals surface area contributed by atoms with Crippen LogP contribution in [-0.4, -0.2) is 30.5 Å². The fraction of sp³-hybridized carbons (Fsp3) is 0.364. The number of halogens is 1. The maximum atomic E-state index is 11.8. The number of nitrogen functional groups attached to an aromatic ring is 1. The molecule has 1 aliphatic heterocycles. The maximum absolute atomic E-state index is 11.8. The van der Waals surface area contributed by atoms with Gasteiger partial charge in [-0.1, -0.05) is 11.6 Å². The molecule has 0 spiro atoms. The Bertz CT molecular complexity index is 506. The molecule has 1 aromatic rings. The first-order valence-electron chi connectivity index (χ1n) is 5.33. The van der Waals surface area contributed by atoms with Crippen molar-refractivity contribution in [1.82, 2.24) is 4.98 Å². The minimum atomic E-state index is -0.461. The molecule has 0 radical (unpaired) electrons. The Labute approximate surface area is 109 Å². The zero-order valence-corrected chi connectivity index (χ0v) is 10.5. The van der Waals surface area contributed by atoms with Gasteiger partial charge in [0.05, 0.1) is 18.7 Å². The summed E-state index contributed by atoms with van der Waals surface area (Å²) in [5.41, 5.74) is 6.18. The number of nitrogens with zero attached hydrogens (tertiary/aromatic N) is 2. The number of anilines is 2. The second kappa shape index (κ2) is 4.81. The number of hydrogen-bond acceptors (Lipinski definition) is 5. The third-order valence-electron chi connectivity index (χ3n) is 2.82. The van der Waals surface area contributed by atoms with Crippen LogP contribution < -0.4 is 10.6 Å². The summed E-state index contributed by atoms with van der Waals surface area (Å²) in [6.45, 7) is 0.249. The van der Waals surface area contributed by atoms with Gasteiger partial charge >= 0.3 is 5.97 Å². The summed E-state index contributed by atoms with van der Waals surface area (Å²) in [6, 6.07) is 3.16. The summed E-state index contributed by atoms with van der Waals surface area (Å²) in [5, 5.41) is 0.257. The molecule has 0 aromatic carbocycles. The molecule has 96 valence electrons. The van der Waals surface area contributed by atoms with E-state index in [-0.39, 0.29) is 29.8 Å². The average molecular weight is 270 g/mol. The second-order valence-electron chi connectivity index (χ2n) is 3.97. The molecule has 0 bridgehead atoms. The molecule has 18 heavy (non-hydrogen) atoms. The quantitative estimate of drug-likeness (QED) is 0.635. The lowest BCUT2D eigenvalue weighted by molar-refractivity contribution is -0.145. The highest BCUT2D eigenvalue weighted by Gasteiger charge is 2.36. The van der Waals surface area contributed by atoms with E-state index in [1.165, 1.54) is 12.0 Å². The van der Waals surface area contributed by atoms with E-state index in [1.807, 2.05) is 0 Å². The third-order valence-corrected chi connectivity index (χ3v) is 3.03. The predicted molar refractivity (Wildman–Crippen MR) is 66.1 cm³/mol. The van der Waals surface area contributed by atoms with E-state index in [0.29, 0.717) is 5.69 Å². The molecule has 1 atom stereocenters. The molecule has 0 aliphatic carbocycles. The Morgan fingerprint density at radius 3 is 2.94 bits per heavy atom. The lowest BCUT2D eigenvalue weighted by atomic mass is 10.1. The molecule has 1 fully saturated rings. The molecule has 1 saturated heterocycles. The summed E-state index contributed by atoms with van der Waals surface area (Å²) in [6.07, 6.45) is 0.120.